The standard InChI is InChI=1S/C21H26N4O3/c1-13(2)16-9-8-14(3)10-19(16)28-25-12-15(22-23-25)11-24-18-7-5-4-6-17(18)20(26)21(24)27/h4-7,12-14,16,19H,8-11H2,1-3H3/t14-,16+,19+/m1/s1. The highest BCUT2D eigenvalue weighted by atomic mass is 16.7. The highest BCUT2D eigenvalue weighted by molar-refractivity contribution is 6.52. The molecule has 1 aromatic carbocycles. The highest BCUT2D eigenvalue weighted by Gasteiger charge is 2.36. The maximum absolute atomic E-state index is 12.3. The van der Waals surface area contributed by atoms with Crippen LogP contribution in [0.4, 0.5) is 5.69 Å². The molecular weight excluding hydrogens is 356 g/mol. The fourth-order valence-electron chi connectivity index (χ4n) is 4.35. The predicted octanol–water partition coefficient (Wildman–Crippen LogP) is 2.90. The molecule has 0 saturated heterocycles. The van der Waals surface area contributed by atoms with E-state index in [2.05, 4.69) is 31.1 Å². The van der Waals surface area contributed by atoms with E-state index in [1.807, 2.05) is 6.07 Å². The Morgan fingerprint density at radius 3 is 2.79 bits per heavy atom. The number of hydrogen-bond acceptors (Lipinski definition) is 5. The van der Waals surface area contributed by atoms with Gasteiger partial charge in [-0.3, -0.25) is 14.5 Å². The molecule has 28 heavy (non-hydrogen) atoms. The minimum atomic E-state index is -0.530. The first-order chi connectivity index (χ1) is 13.4. The van der Waals surface area contributed by atoms with Gasteiger partial charge in [-0.2, -0.15) is 0 Å². The molecule has 0 unspecified atom stereocenters. The van der Waals surface area contributed by atoms with Gasteiger partial charge in [-0.1, -0.05) is 44.2 Å². The summed E-state index contributed by atoms with van der Waals surface area (Å²) in [5.74, 6) is 0.666. The Morgan fingerprint density at radius 2 is 2.00 bits per heavy atom. The van der Waals surface area contributed by atoms with Crippen LogP contribution in [0.5, 0.6) is 0 Å². The fourth-order valence-corrected chi connectivity index (χ4v) is 4.35. The summed E-state index contributed by atoms with van der Waals surface area (Å²) in [6.07, 6.45) is 5.20. The van der Waals surface area contributed by atoms with Crippen LogP contribution in [0.15, 0.2) is 30.5 Å². The number of para-hydroxylation sites is 1. The van der Waals surface area contributed by atoms with Gasteiger partial charge in [0.25, 0.3) is 11.7 Å². The monoisotopic (exact) mass is 382 g/mol. The van der Waals surface area contributed by atoms with E-state index in [1.165, 1.54) is 16.2 Å². The summed E-state index contributed by atoms with van der Waals surface area (Å²) in [5, 5.41) is 8.24. The maximum Gasteiger partial charge on any atom is 0.299 e. The van der Waals surface area contributed by atoms with E-state index in [-0.39, 0.29) is 12.6 Å². The summed E-state index contributed by atoms with van der Waals surface area (Å²) >= 11 is 0. The molecule has 7 heteroatoms. The second-order valence-corrected chi connectivity index (χ2v) is 8.32. The van der Waals surface area contributed by atoms with Gasteiger partial charge in [0.1, 0.15) is 11.8 Å². The third-order valence-corrected chi connectivity index (χ3v) is 5.92. The van der Waals surface area contributed by atoms with Crippen molar-refractivity contribution in [2.75, 3.05) is 4.90 Å². The third kappa shape index (κ3) is 3.41. The molecule has 1 fully saturated rings. The van der Waals surface area contributed by atoms with Crippen LogP contribution in [0, 0.1) is 17.8 Å². The molecule has 148 valence electrons. The quantitative estimate of drug-likeness (QED) is 0.743. The van der Waals surface area contributed by atoms with Crippen LogP contribution in [-0.4, -0.2) is 33.0 Å². The molecule has 1 aromatic heterocycles. The number of rotatable bonds is 5. The van der Waals surface area contributed by atoms with Gasteiger partial charge >= 0.3 is 0 Å². The van der Waals surface area contributed by atoms with Crippen molar-refractivity contribution >= 4 is 17.4 Å². The summed E-state index contributed by atoms with van der Waals surface area (Å²) in [7, 11) is 0. The predicted molar refractivity (Wildman–Crippen MR) is 104 cm³/mol. The molecule has 1 amide bonds. The zero-order valence-electron chi connectivity index (χ0n) is 16.5. The van der Waals surface area contributed by atoms with E-state index >= 15 is 0 Å². The Balaban J connectivity index is 1.48. The maximum atomic E-state index is 12.3. The molecule has 1 aliphatic carbocycles. The van der Waals surface area contributed by atoms with Gasteiger partial charge in [-0.15, -0.1) is 5.10 Å². The van der Waals surface area contributed by atoms with Crippen molar-refractivity contribution in [3.63, 3.8) is 0 Å². The first-order valence-electron chi connectivity index (χ1n) is 9.97. The van der Waals surface area contributed by atoms with Crippen LogP contribution in [0.1, 0.15) is 56.1 Å². The normalized spacial score (nSPS) is 24.7. The number of Topliss-reactive ketones (excluding diaryl/α,β-unsaturated/α-hetero) is 1. The number of nitrogens with zero attached hydrogens (tertiary/aromatic N) is 4. The highest BCUT2D eigenvalue weighted by Crippen LogP contribution is 2.34. The molecule has 3 atom stereocenters. The van der Waals surface area contributed by atoms with Crippen molar-refractivity contribution in [3.8, 4) is 0 Å². The third-order valence-electron chi connectivity index (χ3n) is 5.92. The lowest BCUT2D eigenvalue weighted by atomic mass is 9.75. The molecule has 0 bridgehead atoms. The van der Waals surface area contributed by atoms with Crippen molar-refractivity contribution in [1.29, 1.82) is 0 Å². The van der Waals surface area contributed by atoms with E-state index in [4.69, 9.17) is 4.84 Å². The van der Waals surface area contributed by atoms with Crippen LogP contribution in [0.25, 0.3) is 0 Å². The SMILES string of the molecule is CC(C)[C@@H]1CC[C@@H](C)C[C@@H]1On1cc(CN2C(=O)C(=O)c3ccccc32)nn1. The van der Waals surface area contributed by atoms with Crippen molar-refractivity contribution in [1.82, 2.24) is 15.2 Å². The minimum Gasteiger partial charge on any atom is -0.392 e. The molecule has 2 heterocycles. The van der Waals surface area contributed by atoms with Crippen LogP contribution < -0.4 is 9.74 Å². The largest absolute Gasteiger partial charge is 0.392 e. The summed E-state index contributed by atoms with van der Waals surface area (Å²) < 4.78 is 0. The van der Waals surface area contributed by atoms with Gasteiger partial charge in [0.15, 0.2) is 0 Å². The molecule has 0 radical (unpaired) electrons. The summed E-state index contributed by atoms with van der Waals surface area (Å²) in [6, 6.07) is 7.02. The average molecular weight is 382 g/mol. The zero-order valence-corrected chi connectivity index (χ0v) is 16.5. The summed E-state index contributed by atoms with van der Waals surface area (Å²) in [4.78, 5) is 33.5. The van der Waals surface area contributed by atoms with Crippen LogP contribution in [0.3, 0.4) is 0 Å². The van der Waals surface area contributed by atoms with Crippen LogP contribution >= 0.6 is 0 Å². The summed E-state index contributed by atoms with van der Waals surface area (Å²) in [5.41, 5.74) is 1.64. The lowest BCUT2D eigenvalue weighted by Crippen LogP contribution is -2.40. The van der Waals surface area contributed by atoms with E-state index in [0.717, 1.165) is 12.8 Å². The molecule has 1 saturated carbocycles. The number of aromatic nitrogens is 3. The molecule has 0 N–H and O–H groups in total. The Labute approximate surface area is 164 Å². The van der Waals surface area contributed by atoms with Crippen molar-refractivity contribution in [2.24, 2.45) is 17.8 Å². The van der Waals surface area contributed by atoms with E-state index in [9.17, 15) is 9.59 Å². The van der Waals surface area contributed by atoms with E-state index in [0.29, 0.717) is 34.7 Å². The second-order valence-electron chi connectivity index (χ2n) is 8.32. The number of anilines is 1. The first kappa shape index (κ1) is 18.7. The number of fused-ring (bicyclic) bond motifs is 1. The van der Waals surface area contributed by atoms with Crippen LogP contribution in [-0.2, 0) is 11.3 Å². The lowest BCUT2D eigenvalue weighted by Gasteiger charge is -2.36. The number of benzene rings is 1. The number of amides is 1. The summed E-state index contributed by atoms with van der Waals surface area (Å²) in [6.45, 7) is 6.92. The first-order valence-corrected chi connectivity index (χ1v) is 9.97. The molecule has 7 nitrogen and oxygen atoms in total. The molecule has 2 aliphatic rings. The Hall–Kier alpha value is -2.70. The number of hydrogen-bond donors (Lipinski definition) is 0. The number of carbonyl (C=O) groups excluding carboxylic acids is 2. The van der Waals surface area contributed by atoms with Crippen LogP contribution in [0.2, 0.25) is 0 Å². The van der Waals surface area contributed by atoms with Crippen molar-refractivity contribution in [3.05, 3.63) is 41.7 Å². The lowest BCUT2D eigenvalue weighted by molar-refractivity contribution is -0.114. The number of carbonyl (C=O) groups is 2. The Morgan fingerprint density at radius 1 is 1.21 bits per heavy atom. The van der Waals surface area contributed by atoms with Gasteiger partial charge < -0.3 is 4.84 Å². The van der Waals surface area contributed by atoms with Crippen molar-refractivity contribution < 1.29 is 14.4 Å². The van der Waals surface area contributed by atoms with Gasteiger partial charge in [0.2, 0.25) is 0 Å². The molecule has 1 aliphatic heterocycles. The van der Waals surface area contributed by atoms with Crippen molar-refractivity contribution in [2.45, 2.75) is 52.7 Å². The molecule has 0 spiro atoms. The fraction of sp³-hybridized carbons (Fsp3) is 0.524. The topological polar surface area (TPSA) is 77.3 Å². The zero-order chi connectivity index (χ0) is 19.8. The Bertz CT molecular complexity index is 891. The smallest absolute Gasteiger partial charge is 0.299 e. The molecule has 4 rings (SSSR count). The molecular formula is C21H26N4O3. The molecule has 2 aromatic rings. The second kappa shape index (κ2) is 7.37. The van der Waals surface area contributed by atoms with E-state index < -0.39 is 11.7 Å². The van der Waals surface area contributed by atoms with Gasteiger partial charge in [-0.05, 0) is 42.0 Å². The minimum absolute atomic E-state index is 0.106. The van der Waals surface area contributed by atoms with Gasteiger partial charge in [0.05, 0.1) is 24.0 Å². The van der Waals surface area contributed by atoms with Gasteiger partial charge in [-0.25, -0.2) is 0 Å². The Kier molecular flexibility index (Phi) is 4.91. The average Bonchev–Trinajstić information content (AvgIpc) is 3.20. The van der Waals surface area contributed by atoms with Gasteiger partial charge in [0, 0.05) is 5.92 Å². The number of ketones is 1. The van der Waals surface area contributed by atoms with E-state index in [1.54, 1.807) is 24.4 Å².